The van der Waals surface area contributed by atoms with Gasteiger partial charge in [0.25, 0.3) is 11.8 Å². The van der Waals surface area contributed by atoms with Crippen molar-refractivity contribution in [1.29, 1.82) is 0 Å². The number of unbranched alkanes of at least 4 members (excludes halogenated alkanes) is 11. The molecule has 0 spiro atoms. The Kier molecular flexibility index (Phi) is 50.7. The molecule has 0 bridgehead atoms. The fourth-order valence-electron chi connectivity index (χ4n) is 12.5. The number of aliphatic hydroxyl groups is 9. The zero-order chi connectivity index (χ0) is 81.0. The molecule has 111 heavy (non-hydrogen) atoms. The van der Waals surface area contributed by atoms with Crippen LogP contribution in [-0.2, 0) is 90.6 Å². The maximum atomic E-state index is 13.9. The van der Waals surface area contributed by atoms with E-state index in [1.807, 2.05) is 0 Å². The molecule has 0 aromatic heterocycles. The topological polar surface area (TPSA) is 535 Å². The average molecular weight is 1590 g/mol. The SMILES string of the molecule is CC(=O)N[C@H]1[C@H](OCCCCC(=O)NCCCNC(=O)CCOCC(COCCC(=O)NCCCNC(=O)CCCCO[C@H]2C[C@@H](O)[C@@H](O)[C@@H](CO)O2)(COCCC(=O)NCCCNC(=O)CCCCO[C@H]2C[C@@H](O)[C@@H](O)[C@@H](CO)O2)NC(=O)CCCCCCCCCCCN2C(=O)C=CC2=O)O[C@H](CCO)[C@H](O)[C@@H]1O. The molecular weight excluding hydrogens is 1460 g/mol. The summed E-state index contributed by atoms with van der Waals surface area (Å²) in [5, 5.41) is 112. The fraction of sp³-hybridized carbons (Fsp3) is 0.838. The maximum absolute atomic E-state index is 13.9. The number of imide groups is 1. The molecule has 638 valence electrons. The molecule has 0 aliphatic carbocycles. The second-order valence-electron chi connectivity index (χ2n) is 28.4. The van der Waals surface area contributed by atoms with Gasteiger partial charge in [-0.05, 0) is 77.0 Å². The second-order valence-corrected chi connectivity index (χ2v) is 28.4. The molecule has 37 nitrogen and oxygen atoms in total. The summed E-state index contributed by atoms with van der Waals surface area (Å²) >= 11 is 0. The number of nitrogens with one attached hydrogen (secondary N) is 8. The van der Waals surface area contributed by atoms with E-state index in [2.05, 4.69) is 42.5 Å². The number of ether oxygens (including phenoxy) is 9. The molecule has 37 heteroatoms. The molecule has 0 unspecified atom stereocenters. The quantitative estimate of drug-likeness (QED) is 0.0218. The van der Waals surface area contributed by atoms with E-state index in [9.17, 15) is 93.9 Å². The highest BCUT2D eigenvalue weighted by atomic mass is 16.7. The number of rotatable bonds is 63. The van der Waals surface area contributed by atoms with Crippen LogP contribution in [0.4, 0.5) is 0 Å². The third kappa shape index (κ3) is 41.7. The van der Waals surface area contributed by atoms with E-state index in [0.29, 0.717) is 83.8 Å². The van der Waals surface area contributed by atoms with Gasteiger partial charge in [0.1, 0.15) is 48.2 Å². The van der Waals surface area contributed by atoms with Gasteiger partial charge in [-0.2, -0.15) is 0 Å². The summed E-state index contributed by atoms with van der Waals surface area (Å²) in [6.07, 6.45) is 2.05. The highest BCUT2D eigenvalue weighted by Gasteiger charge is 2.46. The smallest absolute Gasteiger partial charge is 0.253 e. The molecule has 4 rings (SSSR count). The van der Waals surface area contributed by atoms with Crippen molar-refractivity contribution in [3.05, 3.63) is 12.2 Å². The van der Waals surface area contributed by atoms with E-state index in [0.717, 1.165) is 51.4 Å². The van der Waals surface area contributed by atoms with Crippen molar-refractivity contribution in [1.82, 2.24) is 47.4 Å². The van der Waals surface area contributed by atoms with Crippen LogP contribution in [0.25, 0.3) is 0 Å². The Labute approximate surface area is 650 Å². The molecule has 17 N–H and O–H groups in total. The number of nitrogens with zero attached hydrogens (tertiary/aromatic N) is 1. The van der Waals surface area contributed by atoms with E-state index in [1.54, 1.807) is 0 Å². The Morgan fingerprint density at radius 2 is 0.784 bits per heavy atom. The van der Waals surface area contributed by atoms with Crippen molar-refractivity contribution in [3.8, 4) is 0 Å². The normalized spacial score (nSPS) is 23.3. The summed E-state index contributed by atoms with van der Waals surface area (Å²) in [5.41, 5.74) is -1.39. The largest absolute Gasteiger partial charge is 0.396 e. The molecule has 4 aliphatic rings. The van der Waals surface area contributed by atoms with Gasteiger partial charge < -0.3 is 131 Å². The molecule has 3 fully saturated rings. The summed E-state index contributed by atoms with van der Waals surface area (Å²) in [6.45, 7) is 1.57. The lowest BCUT2D eigenvalue weighted by Crippen LogP contribution is -2.64. The van der Waals surface area contributed by atoms with E-state index < -0.39 is 105 Å². The molecule has 0 radical (unpaired) electrons. The first-order chi connectivity index (χ1) is 53.5. The lowest BCUT2D eigenvalue weighted by molar-refractivity contribution is -0.266. The summed E-state index contributed by atoms with van der Waals surface area (Å²) < 4.78 is 52.0. The molecule has 0 aromatic rings. The Morgan fingerprint density at radius 3 is 1.17 bits per heavy atom. The highest BCUT2D eigenvalue weighted by molar-refractivity contribution is 6.12. The van der Waals surface area contributed by atoms with Crippen LogP contribution in [0, 0.1) is 0 Å². The van der Waals surface area contributed by atoms with Crippen molar-refractivity contribution < 1.29 is 137 Å². The van der Waals surface area contributed by atoms with E-state index in [-0.39, 0.29) is 210 Å². The lowest BCUT2D eigenvalue weighted by Gasteiger charge is -2.42. The van der Waals surface area contributed by atoms with Gasteiger partial charge in [0.2, 0.25) is 47.3 Å². The van der Waals surface area contributed by atoms with Crippen LogP contribution < -0.4 is 42.5 Å². The minimum atomic E-state index is -1.40. The third-order valence-electron chi connectivity index (χ3n) is 18.8. The fourth-order valence-corrected chi connectivity index (χ4v) is 12.5. The standard InChI is InChI=1S/C74H129N9O28/c1-51(87)81-68-72(102)71(101)54(26-37-84)111-73(68)108-40-16-12-22-59(92)77-32-19-35-80-62(95)29-43-105-50-74(82-63(96)23-9-7-5-3-2-4-6-8-13-36-83-64(97)24-25-65(83)98,48-103-41-27-60(93)78-33-17-30-75-57(90)20-10-14-38-106-66-44-52(88)69(99)55(46-85)109-66)49-104-42-28-61(94)79-34-18-31-76-58(91)21-11-15-39-107-67-45-53(89)70(100)56(47-86)110-67/h24-25,52-56,66-73,84-86,88-89,99-102H,2-23,26-50H2,1H3,(H,75,90)(H,76,91)(H,77,92)(H,78,93)(H,79,94)(H,80,95)(H,81,87)(H,82,96)/t52-,53-,54-,55-,56-,66-,67-,68-,69-,70-,71+,72-,73-/m1/s1. The molecular formula is C74H129N9O28. The van der Waals surface area contributed by atoms with Crippen molar-refractivity contribution in [3.63, 3.8) is 0 Å². The molecule has 10 amide bonds. The number of hydrogen-bond donors (Lipinski definition) is 17. The molecule has 0 saturated carbocycles. The summed E-state index contributed by atoms with van der Waals surface area (Å²) in [6, 6.07) is -1.06. The van der Waals surface area contributed by atoms with Gasteiger partial charge in [-0.3, -0.25) is 52.8 Å². The molecule has 4 aliphatic heterocycles. The maximum Gasteiger partial charge on any atom is 0.253 e. The van der Waals surface area contributed by atoms with Crippen LogP contribution in [-0.4, -0.2) is 320 Å². The Morgan fingerprint density at radius 1 is 0.423 bits per heavy atom. The monoisotopic (exact) mass is 1590 g/mol. The van der Waals surface area contributed by atoms with E-state index >= 15 is 0 Å². The molecule has 0 aromatic carbocycles. The van der Waals surface area contributed by atoms with Gasteiger partial charge in [0.15, 0.2) is 18.9 Å². The van der Waals surface area contributed by atoms with Crippen molar-refractivity contribution in [2.24, 2.45) is 0 Å². The van der Waals surface area contributed by atoms with Crippen LogP contribution in [0.2, 0.25) is 0 Å². The second kappa shape index (κ2) is 57.9. The zero-order valence-corrected chi connectivity index (χ0v) is 64.6. The van der Waals surface area contributed by atoms with E-state index in [4.69, 9.17) is 42.6 Å². The first-order valence-corrected chi connectivity index (χ1v) is 39.7. The van der Waals surface area contributed by atoms with E-state index in [1.165, 1.54) is 24.0 Å². The van der Waals surface area contributed by atoms with Crippen LogP contribution in [0.1, 0.15) is 187 Å². The minimum Gasteiger partial charge on any atom is -0.396 e. The number of hydrogen-bond acceptors (Lipinski definition) is 28. The summed E-state index contributed by atoms with van der Waals surface area (Å²) in [5.74, 6) is -3.05. The molecule has 13 atom stereocenters. The zero-order valence-electron chi connectivity index (χ0n) is 64.6. The first kappa shape index (κ1) is 97.3. The Balaban J connectivity index is 1.26. The van der Waals surface area contributed by atoms with Gasteiger partial charge in [0, 0.05) is 149 Å². The van der Waals surface area contributed by atoms with Crippen LogP contribution in [0.3, 0.4) is 0 Å². The highest BCUT2D eigenvalue weighted by Crippen LogP contribution is 2.26. The predicted octanol–water partition coefficient (Wildman–Crippen LogP) is -2.69. The number of amides is 10. The van der Waals surface area contributed by atoms with Crippen LogP contribution >= 0.6 is 0 Å². The van der Waals surface area contributed by atoms with Crippen molar-refractivity contribution in [2.45, 2.75) is 272 Å². The number of aliphatic hydroxyl groups excluding tert-OH is 9. The van der Waals surface area contributed by atoms with Crippen LogP contribution in [0.15, 0.2) is 12.2 Å². The summed E-state index contributed by atoms with van der Waals surface area (Å²) in [4.78, 5) is 128. The number of carbonyl (C=O) groups is 10. The summed E-state index contributed by atoms with van der Waals surface area (Å²) in [7, 11) is 0. The van der Waals surface area contributed by atoms with Crippen LogP contribution in [0.5, 0.6) is 0 Å². The average Bonchev–Trinajstić information content (AvgIpc) is 1.89. The lowest BCUT2D eigenvalue weighted by atomic mass is 9.95. The third-order valence-corrected chi connectivity index (χ3v) is 18.8. The predicted molar refractivity (Wildman–Crippen MR) is 395 cm³/mol. The van der Waals surface area contributed by atoms with Crippen molar-refractivity contribution >= 4 is 59.1 Å². The van der Waals surface area contributed by atoms with Gasteiger partial charge >= 0.3 is 0 Å². The van der Waals surface area contributed by atoms with Gasteiger partial charge in [0.05, 0.1) is 71.2 Å². The van der Waals surface area contributed by atoms with Crippen molar-refractivity contribution in [2.75, 3.05) is 125 Å². The molecule has 3 saturated heterocycles. The number of carbonyl (C=O) groups excluding carboxylic acids is 10. The molecule has 4 heterocycles. The van der Waals surface area contributed by atoms with Gasteiger partial charge in [-0.25, -0.2) is 0 Å². The Bertz CT molecular complexity index is 2630. The van der Waals surface area contributed by atoms with Gasteiger partial charge in [-0.15, -0.1) is 0 Å². The Hall–Kier alpha value is -6.08. The first-order valence-electron chi connectivity index (χ1n) is 39.7. The van der Waals surface area contributed by atoms with Gasteiger partial charge in [-0.1, -0.05) is 44.9 Å². The minimum absolute atomic E-state index is 0.0348.